The van der Waals surface area contributed by atoms with Crippen LogP contribution < -0.4 is 4.74 Å². The van der Waals surface area contributed by atoms with Gasteiger partial charge >= 0.3 is 5.97 Å². The van der Waals surface area contributed by atoms with Gasteiger partial charge in [-0.1, -0.05) is 0 Å². The summed E-state index contributed by atoms with van der Waals surface area (Å²) in [5.41, 5.74) is 0.718. The number of amides is 3. The maximum Gasteiger partial charge on any atom is 0.344 e. The molecule has 8 nitrogen and oxygen atoms in total. The van der Waals surface area contributed by atoms with E-state index in [4.69, 9.17) is 9.47 Å². The summed E-state index contributed by atoms with van der Waals surface area (Å²) < 4.78 is 12.0. The van der Waals surface area contributed by atoms with E-state index >= 15 is 0 Å². The Hall–Kier alpha value is -1.35. The summed E-state index contributed by atoms with van der Waals surface area (Å²) in [6.45, 7) is 2.94. The Bertz CT molecular complexity index is 939. The number of benzene rings is 1. The molecule has 2 saturated heterocycles. The lowest BCUT2D eigenvalue weighted by Crippen LogP contribution is -2.44. The average Bonchev–Trinajstić information content (AvgIpc) is 3.01. The van der Waals surface area contributed by atoms with Crippen LogP contribution in [0.5, 0.6) is 5.75 Å². The van der Waals surface area contributed by atoms with E-state index < -0.39 is 17.1 Å². The predicted octanol–water partition coefficient (Wildman–Crippen LogP) is 3.89. The van der Waals surface area contributed by atoms with Gasteiger partial charge in [0, 0.05) is 13.1 Å². The van der Waals surface area contributed by atoms with Gasteiger partial charge in [-0.05, 0) is 107 Å². The number of hydrogen-bond donors (Lipinski definition) is 0. The molecule has 2 aliphatic heterocycles. The molecule has 0 bridgehead atoms. The van der Waals surface area contributed by atoms with Crippen LogP contribution in [0.15, 0.2) is 17.0 Å². The smallest absolute Gasteiger partial charge is 0.344 e. The van der Waals surface area contributed by atoms with Gasteiger partial charge in [-0.3, -0.25) is 19.3 Å². The van der Waals surface area contributed by atoms with Crippen LogP contribution >= 0.6 is 56.9 Å². The summed E-state index contributed by atoms with van der Waals surface area (Å²) in [7, 11) is 0. The first kappa shape index (κ1) is 25.3. The number of carbonyl (C=O) groups excluding carboxylic acids is 4. The van der Waals surface area contributed by atoms with Gasteiger partial charge in [0.2, 0.25) is 5.91 Å². The van der Waals surface area contributed by atoms with Crippen LogP contribution in [0, 0.1) is 7.14 Å². The largest absolute Gasteiger partial charge is 0.480 e. The Labute approximate surface area is 217 Å². The Morgan fingerprint density at radius 3 is 2.41 bits per heavy atom. The maximum absolute atomic E-state index is 12.8. The summed E-state index contributed by atoms with van der Waals surface area (Å²) >= 11 is 5.01. The zero-order chi connectivity index (χ0) is 23.3. The minimum Gasteiger partial charge on any atom is -0.480 e. The molecule has 172 valence electrons. The number of carbonyl (C=O) groups is 4. The third kappa shape index (κ3) is 6.37. The minimum absolute atomic E-state index is 0.191. The highest BCUT2D eigenvalue weighted by Gasteiger charge is 2.37. The number of piperidine rings is 1. The van der Waals surface area contributed by atoms with E-state index in [1.54, 1.807) is 30.0 Å². The molecule has 0 saturated carbocycles. The van der Waals surface area contributed by atoms with Crippen LogP contribution in [0.2, 0.25) is 0 Å². The van der Waals surface area contributed by atoms with E-state index in [0.29, 0.717) is 18.8 Å². The molecule has 1 aromatic rings. The van der Waals surface area contributed by atoms with Crippen molar-refractivity contribution < 1.29 is 28.7 Å². The fraction of sp³-hybridized carbons (Fsp3) is 0.429. The van der Waals surface area contributed by atoms with Gasteiger partial charge < -0.3 is 14.4 Å². The molecule has 3 rings (SSSR count). The van der Waals surface area contributed by atoms with Gasteiger partial charge in [0.05, 0.1) is 18.7 Å². The van der Waals surface area contributed by atoms with Crippen molar-refractivity contribution in [2.45, 2.75) is 26.2 Å². The molecule has 0 aliphatic carbocycles. The van der Waals surface area contributed by atoms with Crippen molar-refractivity contribution in [1.29, 1.82) is 0 Å². The molecule has 2 heterocycles. The third-order valence-electron chi connectivity index (χ3n) is 4.83. The monoisotopic (exact) mass is 684 g/mol. The first-order valence-corrected chi connectivity index (χ1v) is 13.1. The maximum atomic E-state index is 12.8. The van der Waals surface area contributed by atoms with Gasteiger partial charge in [-0.15, -0.1) is 0 Å². The van der Waals surface area contributed by atoms with Crippen molar-refractivity contribution >= 4 is 86.0 Å². The molecule has 0 spiro atoms. The van der Waals surface area contributed by atoms with E-state index in [0.717, 1.165) is 48.6 Å². The van der Waals surface area contributed by atoms with Gasteiger partial charge in [0.25, 0.3) is 11.1 Å². The highest BCUT2D eigenvalue weighted by Crippen LogP contribution is 2.35. The summed E-state index contributed by atoms with van der Waals surface area (Å²) in [5.74, 6) is -0.550. The van der Waals surface area contributed by atoms with Crippen molar-refractivity contribution in [3.05, 3.63) is 29.7 Å². The van der Waals surface area contributed by atoms with E-state index in [2.05, 4.69) is 45.2 Å². The quantitative estimate of drug-likeness (QED) is 0.245. The lowest BCUT2D eigenvalue weighted by Gasteiger charge is -2.27. The van der Waals surface area contributed by atoms with Crippen molar-refractivity contribution in [3.63, 3.8) is 0 Å². The highest BCUT2D eigenvalue weighted by atomic mass is 127. The second-order valence-electron chi connectivity index (χ2n) is 7.12. The van der Waals surface area contributed by atoms with Crippen LogP contribution in [-0.4, -0.2) is 65.7 Å². The van der Waals surface area contributed by atoms with Crippen LogP contribution in [0.25, 0.3) is 6.08 Å². The van der Waals surface area contributed by atoms with Crippen molar-refractivity contribution in [2.24, 2.45) is 0 Å². The number of rotatable bonds is 7. The Morgan fingerprint density at radius 2 is 1.78 bits per heavy atom. The molecule has 0 atom stereocenters. The first-order valence-electron chi connectivity index (χ1n) is 10.1. The number of thioether (sulfide) groups is 1. The molecule has 2 aliphatic rings. The van der Waals surface area contributed by atoms with Gasteiger partial charge in [0.1, 0.15) is 12.3 Å². The van der Waals surface area contributed by atoms with Crippen LogP contribution in [0.4, 0.5) is 4.79 Å². The molecule has 11 heteroatoms. The van der Waals surface area contributed by atoms with Crippen LogP contribution in [0.3, 0.4) is 0 Å². The number of halogens is 2. The molecule has 0 radical (unpaired) electrons. The first-order chi connectivity index (χ1) is 15.3. The zero-order valence-corrected chi connectivity index (χ0v) is 22.5. The second kappa shape index (κ2) is 11.7. The molecule has 0 N–H and O–H groups in total. The summed E-state index contributed by atoms with van der Waals surface area (Å²) in [4.78, 5) is 52.2. The molecule has 1 aromatic carbocycles. The average molecular weight is 684 g/mol. The molecule has 0 unspecified atom stereocenters. The molecular formula is C21H22I2N2O6S. The number of likely N-dealkylation sites (tertiary alicyclic amines) is 1. The number of imide groups is 1. The van der Waals surface area contributed by atoms with Crippen molar-refractivity contribution in [2.75, 3.05) is 32.8 Å². The lowest BCUT2D eigenvalue weighted by molar-refractivity contribution is -0.145. The molecule has 2 fully saturated rings. The highest BCUT2D eigenvalue weighted by molar-refractivity contribution is 14.1. The van der Waals surface area contributed by atoms with Gasteiger partial charge in [-0.25, -0.2) is 4.79 Å². The number of hydrogen-bond acceptors (Lipinski definition) is 7. The lowest BCUT2D eigenvalue weighted by atomic mass is 10.1. The minimum atomic E-state index is -0.460. The van der Waals surface area contributed by atoms with Crippen LogP contribution in [0.1, 0.15) is 31.7 Å². The topological polar surface area (TPSA) is 93.2 Å². The van der Waals surface area contributed by atoms with Gasteiger partial charge in [0.15, 0.2) is 6.61 Å². The van der Waals surface area contributed by atoms with Crippen molar-refractivity contribution in [1.82, 2.24) is 9.80 Å². The van der Waals surface area contributed by atoms with E-state index in [1.807, 2.05) is 0 Å². The zero-order valence-electron chi connectivity index (χ0n) is 17.4. The van der Waals surface area contributed by atoms with E-state index in [9.17, 15) is 19.2 Å². The van der Waals surface area contributed by atoms with E-state index in [1.165, 1.54) is 0 Å². The van der Waals surface area contributed by atoms with Crippen molar-refractivity contribution in [3.8, 4) is 5.75 Å². The third-order valence-corrected chi connectivity index (χ3v) is 7.34. The molecule has 32 heavy (non-hydrogen) atoms. The normalized spacial score (nSPS) is 17.8. The fourth-order valence-corrected chi connectivity index (χ4v) is 6.27. The SMILES string of the molecule is CCOC(=O)COc1c(I)cc(/C=C2\SC(=O)N(CC(=O)N3CCCCC3)C2=O)cc1I. The van der Waals surface area contributed by atoms with Gasteiger partial charge in [-0.2, -0.15) is 0 Å². The Balaban J connectivity index is 1.69. The fourth-order valence-electron chi connectivity index (χ4n) is 3.30. The summed E-state index contributed by atoms with van der Waals surface area (Å²) in [5, 5.41) is -0.439. The number of ether oxygens (including phenoxy) is 2. The molecular weight excluding hydrogens is 662 g/mol. The predicted molar refractivity (Wildman–Crippen MR) is 137 cm³/mol. The molecule has 0 aromatic heterocycles. The Morgan fingerprint density at radius 1 is 1.12 bits per heavy atom. The Kier molecular flexibility index (Phi) is 9.22. The number of esters is 1. The standard InChI is InChI=1S/C21H22I2N2O6S/c1-2-30-18(27)12-31-19-14(22)8-13(9-15(19)23)10-16-20(28)25(21(29)32-16)11-17(26)24-6-4-3-5-7-24/h8-10H,2-7,11-12H2,1H3/b16-10-. The molecule has 3 amide bonds. The summed E-state index contributed by atoms with van der Waals surface area (Å²) in [6.07, 6.45) is 4.63. The second-order valence-corrected chi connectivity index (χ2v) is 10.4. The number of nitrogens with zero attached hydrogens (tertiary/aromatic N) is 2. The van der Waals surface area contributed by atoms with Crippen LogP contribution in [-0.2, 0) is 19.1 Å². The van der Waals surface area contributed by atoms with E-state index in [-0.39, 0.29) is 30.6 Å². The summed E-state index contributed by atoms with van der Waals surface area (Å²) in [6, 6.07) is 3.60.